The SMILES string of the molecule is CC.COc1ccc(-c2cc(=O)n3c(=O)cccc3[nH]2)cc1OC. The van der Waals surface area contributed by atoms with Crippen LogP contribution in [0.5, 0.6) is 11.5 Å². The third-order valence-electron chi connectivity index (χ3n) is 3.40. The van der Waals surface area contributed by atoms with Gasteiger partial charge in [-0.2, -0.15) is 0 Å². The van der Waals surface area contributed by atoms with Crippen LogP contribution in [0.25, 0.3) is 16.9 Å². The number of rotatable bonds is 3. The van der Waals surface area contributed by atoms with E-state index in [4.69, 9.17) is 9.47 Å². The van der Waals surface area contributed by atoms with Crippen LogP contribution in [0.1, 0.15) is 13.8 Å². The van der Waals surface area contributed by atoms with Crippen molar-refractivity contribution in [3.8, 4) is 22.8 Å². The standard InChI is InChI=1S/C16H14N2O4.C2H6/c1-21-12-7-6-10(8-13(12)22-2)11-9-16(20)18-14(17-11)4-3-5-15(18)19;1-2/h3-9,17H,1-2H3;1-2H3. The first-order valence-corrected chi connectivity index (χ1v) is 7.61. The van der Waals surface area contributed by atoms with Crippen LogP contribution in [0.4, 0.5) is 0 Å². The number of ether oxygens (including phenoxy) is 2. The molecule has 0 atom stereocenters. The largest absolute Gasteiger partial charge is 0.493 e. The lowest BCUT2D eigenvalue weighted by molar-refractivity contribution is 0.355. The molecule has 1 N–H and O–H groups in total. The number of benzene rings is 1. The molecule has 0 aliphatic heterocycles. The first-order valence-electron chi connectivity index (χ1n) is 7.61. The molecule has 0 unspecified atom stereocenters. The first kappa shape index (κ1) is 17.3. The van der Waals surface area contributed by atoms with E-state index in [2.05, 4.69) is 4.98 Å². The molecule has 0 fully saturated rings. The molecule has 24 heavy (non-hydrogen) atoms. The quantitative estimate of drug-likeness (QED) is 0.802. The predicted molar refractivity (Wildman–Crippen MR) is 94.2 cm³/mol. The van der Waals surface area contributed by atoms with E-state index in [9.17, 15) is 9.59 Å². The molecule has 126 valence electrons. The van der Waals surface area contributed by atoms with Crippen LogP contribution in [0, 0.1) is 0 Å². The highest BCUT2D eigenvalue weighted by molar-refractivity contribution is 5.65. The smallest absolute Gasteiger partial charge is 0.261 e. The molecule has 2 heterocycles. The maximum atomic E-state index is 12.2. The summed E-state index contributed by atoms with van der Waals surface area (Å²) >= 11 is 0. The molecule has 0 saturated heterocycles. The topological polar surface area (TPSA) is 72.8 Å². The number of H-pyrrole nitrogens is 1. The number of pyridine rings is 1. The van der Waals surface area contributed by atoms with Crippen molar-refractivity contribution in [3.05, 3.63) is 63.2 Å². The van der Waals surface area contributed by atoms with Gasteiger partial charge in [0.05, 0.1) is 19.9 Å². The summed E-state index contributed by atoms with van der Waals surface area (Å²) < 4.78 is 11.5. The van der Waals surface area contributed by atoms with Crippen LogP contribution in [-0.2, 0) is 0 Å². The van der Waals surface area contributed by atoms with Crippen molar-refractivity contribution < 1.29 is 9.47 Å². The minimum absolute atomic E-state index is 0.363. The predicted octanol–water partition coefficient (Wildman–Crippen LogP) is 2.70. The zero-order valence-electron chi connectivity index (χ0n) is 14.1. The maximum Gasteiger partial charge on any atom is 0.261 e. The second-order valence-corrected chi connectivity index (χ2v) is 4.68. The van der Waals surface area contributed by atoms with Crippen LogP contribution in [-0.4, -0.2) is 23.6 Å². The molecule has 0 aliphatic carbocycles. The number of hydrogen-bond acceptors (Lipinski definition) is 4. The molecule has 0 spiro atoms. The van der Waals surface area contributed by atoms with Gasteiger partial charge >= 0.3 is 0 Å². The molecule has 6 nitrogen and oxygen atoms in total. The van der Waals surface area contributed by atoms with Crippen LogP contribution in [0.15, 0.2) is 52.1 Å². The molecule has 0 radical (unpaired) electrons. The fourth-order valence-corrected chi connectivity index (χ4v) is 2.34. The van der Waals surface area contributed by atoms with Gasteiger partial charge in [-0.15, -0.1) is 0 Å². The Morgan fingerprint density at radius 1 is 0.875 bits per heavy atom. The monoisotopic (exact) mass is 328 g/mol. The molecule has 1 aromatic carbocycles. The fourth-order valence-electron chi connectivity index (χ4n) is 2.34. The van der Waals surface area contributed by atoms with Gasteiger partial charge in [0.1, 0.15) is 5.65 Å². The van der Waals surface area contributed by atoms with Crippen molar-refractivity contribution in [2.75, 3.05) is 14.2 Å². The van der Waals surface area contributed by atoms with E-state index >= 15 is 0 Å². The van der Waals surface area contributed by atoms with Crippen molar-refractivity contribution in [2.45, 2.75) is 13.8 Å². The molecular formula is C18H20N2O4. The Morgan fingerprint density at radius 3 is 2.25 bits per heavy atom. The Labute approximate surface area is 139 Å². The molecule has 2 aromatic heterocycles. The van der Waals surface area contributed by atoms with Crippen molar-refractivity contribution in [1.82, 2.24) is 9.38 Å². The van der Waals surface area contributed by atoms with E-state index in [0.29, 0.717) is 22.8 Å². The number of aromatic amines is 1. The number of fused-ring (bicyclic) bond motifs is 1. The summed E-state index contributed by atoms with van der Waals surface area (Å²) in [6, 6.07) is 11.3. The zero-order valence-corrected chi connectivity index (χ0v) is 14.1. The normalized spacial score (nSPS) is 10.0. The molecule has 3 rings (SSSR count). The highest BCUT2D eigenvalue weighted by Gasteiger charge is 2.09. The molecule has 6 heteroatoms. The lowest BCUT2D eigenvalue weighted by Crippen LogP contribution is -2.26. The molecule has 0 amide bonds. The number of hydrogen-bond donors (Lipinski definition) is 1. The van der Waals surface area contributed by atoms with Gasteiger partial charge in [0, 0.05) is 17.7 Å². The summed E-state index contributed by atoms with van der Waals surface area (Å²) in [5.41, 5.74) is 1.04. The second kappa shape index (κ2) is 7.50. The zero-order chi connectivity index (χ0) is 17.7. The van der Waals surface area contributed by atoms with Gasteiger partial charge in [-0.3, -0.25) is 9.59 Å². The first-order chi connectivity index (χ1) is 11.6. The third-order valence-corrected chi connectivity index (χ3v) is 3.40. The summed E-state index contributed by atoms with van der Waals surface area (Å²) in [5, 5.41) is 0. The Morgan fingerprint density at radius 2 is 1.58 bits per heavy atom. The van der Waals surface area contributed by atoms with E-state index < -0.39 is 0 Å². The minimum atomic E-state index is -0.385. The van der Waals surface area contributed by atoms with Gasteiger partial charge in [0.25, 0.3) is 11.1 Å². The number of methoxy groups -OCH3 is 2. The van der Waals surface area contributed by atoms with Crippen molar-refractivity contribution in [1.29, 1.82) is 0 Å². The number of aromatic nitrogens is 2. The summed E-state index contributed by atoms with van der Waals surface area (Å²) in [7, 11) is 3.10. The highest BCUT2D eigenvalue weighted by atomic mass is 16.5. The van der Waals surface area contributed by atoms with Gasteiger partial charge in [0.15, 0.2) is 11.5 Å². The van der Waals surface area contributed by atoms with Crippen LogP contribution in [0.3, 0.4) is 0 Å². The van der Waals surface area contributed by atoms with E-state index in [1.54, 1.807) is 38.5 Å². The third kappa shape index (κ3) is 3.17. The van der Waals surface area contributed by atoms with Crippen molar-refractivity contribution >= 4 is 5.65 Å². The van der Waals surface area contributed by atoms with Gasteiger partial charge in [-0.05, 0) is 24.3 Å². The second-order valence-electron chi connectivity index (χ2n) is 4.68. The average molecular weight is 328 g/mol. The van der Waals surface area contributed by atoms with Crippen molar-refractivity contribution in [3.63, 3.8) is 0 Å². The Hall–Kier alpha value is -3.02. The lowest BCUT2D eigenvalue weighted by atomic mass is 10.1. The molecule has 3 aromatic rings. The molecule has 0 aliphatic rings. The summed E-state index contributed by atoms with van der Waals surface area (Å²) in [6.07, 6.45) is 0. The van der Waals surface area contributed by atoms with E-state index in [-0.39, 0.29) is 11.1 Å². The highest BCUT2D eigenvalue weighted by Crippen LogP contribution is 2.31. The van der Waals surface area contributed by atoms with E-state index in [0.717, 1.165) is 9.96 Å². The number of nitrogens with zero attached hydrogens (tertiary/aromatic N) is 1. The Kier molecular flexibility index (Phi) is 5.42. The van der Waals surface area contributed by atoms with Gasteiger partial charge in [-0.25, -0.2) is 4.40 Å². The van der Waals surface area contributed by atoms with E-state index in [1.807, 2.05) is 19.9 Å². The van der Waals surface area contributed by atoms with Crippen molar-refractivity contribution in [2.24, 2.45) is 0 Å². The van der Waals surface area contributed by atoms with Gasteiger partial charge in [0.2, 0.25) is 0 Å². The molecule has 0 saturated carbocycles. The average Bonchev–Trinajstić information content (AvgIpc) is 2.62. The Balaban J connectivity index is 0.00000100. The van der Waals surface area contributed by atoms with Gasteiger partial charge in [-0.1, -0.05) is 19.9 Å². The van der Waals surface area contributed by atoms with Crippen LogP contribution >= 0.6 is 0 Å². The Bertz CT molecular complexity index is 957. The van der Waals surface area contributed by atoms with Crippen LogP contribution < -0.4 is 20.6 Å². The van der Waals surface area contributed by atoms with Crippen LogP contribution in [0.2, 0.25) is 0 Å². The summed E-state index contributed by atoms with van der Waals surface area (Å²) in [6.45, 7) is 4.00. The van der Waals surface area contributed by atoms with E-state index in [1.165, 1.54) is 12.1 Å². The van der Waals surface area contributed by atoms with Gasteiger partial charge < -0.3 is 14.5 Å². The summed E-state index contributed by atoms with van der Waals surface area (Å²) in [5.74, 6) is 1.16. The summed E-state index contributed by atoms with van der Waals surface area (Å²) in [4.78, 5) is 27.0. The molecule has 0 bridgehead atoms. The lowest BCUT2D eigenvalue weighted by Gasteiger charge is -2.10. The minimum Gasteiger partial charge on any atom is -0.493 e. The molecular weight excluding hydrogens is 308 g/mol. The number of nitrogens with one attached hydrogen (secondary N) is 1. The fraction of sp³-hybridized carbons (Fsp3) is 0.222. The maximum absolute atomic E-state index is 12.2.